The van der Waals surface area contributed by atoms with Gasteiger partial charge >= 0.3 is 0 Å². The molecule has 2 rings (SSSR count). The normalized spacial score (nSPS) is 21.7. The van der Waals surface area contributed by atoms with E-state index in [9.17, 15) is 22.9 Å². The van der Waals surface area contributed by atoms with Crippen LogP contribution in [0.3, 0.4) is 0 Å². The molecule has 0 spiro atoms. The van der Waals surface area contributed by atoms with Crippen molar-refractivity contribution in [3.8, 4) is 0 Å². The Labute approximate surface area is 103 Å². The predicted octanol–water partition coefficient (Wildman–Crippen LogP) is 1.33. The van der Waals surface area contributed by atoms with Crippen molar-refractivity contribution in [3.05, 3.63) is 34.1 Å². The van der Waals surface area contributed by atoms with Crippen LogP contribution in [0.2, 0.25) is 0 Å². The highest BCUT2D eigenvalue weighted by molar-refractivity contribution is 7.91. The Kier molecular flexibility index (Phi) is 3.20. The van der Waals surface area contributed by atoms with Crippen LogP contribution in [0.1, 0.15) is 6.42 Å². The van der Waals surface area contributed by atoms with Gasteiger partial charge in [-0.15, -0.1) is 0 Å². The lowest BCUT2D eigenvalue weighted by molar-refractivity contribution is -0.384. The van der Waals surface area contributed by atoms with Gasteiger partial charge in [0.05, 0.1) is 22.1 Å². The number of nitrogens with zero attached hydrogens (tertiary/aromatic N) is 1. The molecule has 1 heterocycles. The predicted molar refractivity (Wildman–Crippen MR) is 63.7 cm³/mol. The summed E-state index contributed by atoms with van der Waals surface area (Å²) in [7, 11) is -3.07. The second kappa shape index (κ2) is 4.52. The number of anilines is 1. The number of sulfone groups is 1. The SMILES string of the molecule is O=[N+]([O-])c1ccc(F)c(NC2CCS(=O)(=O)C2)c1. The van der Waals surface area contributed by atoms with E-state index in [0.29, 0.717) is 6.42 Å². The molecule has 6 nitrogen and oxygen atoms in total. The lowest BCUT2D eigenvalue weighted by Gasteiger charge is -2.12. The highest BCUT2D eigenvalue weighted by Crippen LogP contribution is 2.24. The number of halogens is 1. The lowest BCUT2D eigenvalue weighted by atomic mass is 10.2. The Morgan fingerprint density at radius 3 is 2.72 bits per heavy atom. The molecule has 1 atom stereocenters. The molecule has 1 aromatic carbocycles. The quantitative estimate of drug-likeness (QED) is 0.663. The number of nitro groups is 1. The lowest BCUT2D eigenvalue weighted by Crippen LogP contribution is -2.21. The minimum atomic E-state index is -3.07. The van der Waals surface area contributed by atoms with Gasteiger partial charge in [-0.1, -0.05) is 0 Å². The van der Waals surface area contributed by atoms with Crippen LogP contribution in [0.25, 0.3) is 0 Å². The maximum absolute atomic E-state index is 13.4. The standard InChI is InChI=1S/C10H11FN2O4S/c11-9-2-1-8(13(14)15)5-10(9)12-7-3-4-18(16,17)6-7/h1-2,5,7,12H,3-4,6H2. The van der Waals surface area contributed by atoms with Gasteiger partial charge in [-0.25, -0.2) is 12.8 Å². The number of rotatable bonds is 3. The Morgan fingerprint density at radius 2 is 2.17 bits per heavy atom. The van der Waals surface area contributed by atoms with Gasteiger partial charge in [0, 0.05) is 18.2 Å². The monoisotopic (exact) mass is 274 g/mol. The third kappa shape index (κ3) is 2.76. The molecule has 1 aliphatic heterocycles. The summed E-state index contributed by atoms with van der Waals surface area (Å²) in [5.41, 5.74) is -0.272. The minimum absolute atomic E-state index is 0.0358. The third-order valence-electron chi connectivity index (χ3n) is 2.75. The van der Waals surface area contributed by atoms with E-state index >= 15 is 0 Å². The molecule has 8 heteroatoms. The Balaban J connectivity index is 2.19. The van der Waals surface area contributed by atoms with Gasteiger partial charge in [0.1, 0.15) is 5.82 Å². The van der Waals surface area contributed by atoms with Crippen LogP contribution < -0.4 is 5.32 Å². The molecule has 98 valence electrons. The topological polar surface area (TPSA) is 89.3 Å². The molecule has 0 bridgehead atoms. The fourth-order valence-electron chi connectivity index (χ4n) is 1.87. The van der Waals surface area contributed by atoms with Gasteiger partial charge < -0.3 is 5.32 Å². The Bertz CT molecular complexity index is 588. The van der Waals surface area contributed by atoms with Crippen molar-refractivity contribution in [3.63, 3.8) is 0 Å². The number of hydrogen-bond acceptors (Lipinski definition) is 5. The molecule has 0 aromatic heterocycles. The van der Waals surface area contributed by atoms with Gasteiger partial charge in [0.2, 0.25) is 0 Å². The number of nitro benzene ring substituents is 1. The number of benzene rings is 1. The van der Waals surface area contributed by atoms with Crippen molar-refractivity contribution >= 4 is 21.2 Å². The van der Waals surface area contributed by atoms with Crippen molar-refractivity contribution in [2.75, 3.05) is 16.8 Å². The van der Waals surface area contributed by atoms with E-state index in [1.165, 1.54) is 0 Å². The number of hydrogen-bond donors (Lipinski definition) is 1. The fraction of sp³-hybridized carbons (Fsp3) is 0.400. The molecule has 1 aromatic rings. The maximum atomic E-state index is 13.4. The summed E-state index contributed by atoms with van der Waals surface area (Å²) in [5.74, 6) is -0.652. The van der Waals surface area contributed by atoms with Gasteiger partial charge in [0.15, 0.2) is 9.84 Å². The summed E-state index contributed by atoms with van der Waals surface area (Å²) in [5, 5.41) is 13.3. The van der Waals surface area contributed by atoms with Crippen LogP contribution in [-0.4, -0.2) is 30.9 Å². The number of non-ortho nitro benzene ring substituents is 1. The minimum Gasteiger partial charge on any atom is -0.379 e. The van der Waals surface area contributed by atoms with Gasteiger partial charge in [0.25, 0.3) is 5.69 Å². The van der Waals surface area contributed by atoms with E-state index in [2.05, 4.69) is 5.32 Å². The van der Waals surface area contributed by atoms with E-state index in [4.69, 9.17) is 0 Å². The Morgan fingerprint density at radius 1 is 1.44 bits per heavy atom. The second-order valence-electron chi connectivity index (χ2n) is 4.17. The van der Waals surface area contributed by atoms with Crippen LogP contribution >= 0.6 is 0 Å². The van der Waals surface area contributed by atoms with Gasteiger partial charge in [-0.3, -0.25) is 10.1 Å². The third-order valence-corrected chi connectivity index (χ3v) is 4.52. The molecule has 0 saturated carbocycles. The molecule has 1 saturated heterocycles. The summed E-state index contributed by atoms with van der Waals surface area (Å²) in [6, 6.07) is 2.72. The highest BCUT2D eigenvalue weighted by atomic mass is 32.2. The zero-order valence-electron chi connectivity index (χ0n) is 9.30. The molecule has 1 N–H and O–H groups in total. The van der Waals surface area contributed by atoms with Crippen molar-refractivity contribution in [1.29, 1.82) is 0 Å². The first-order valence-corrected chi connectivity index (χ1v) is 7.10. The first-order valence-electron chi connectivity index (χ1n) is 5.28. The summed E-state index contributed by atoms with van der Waals surface area (Å²) in [6.45, 7) is 0. The van der Waals surface area contributed by atoms with Gasteiger partial charge in [-0.05, 0) is 12.5 Å². The van der Waals surface area contributed by atoms with Crippen molar-refractivity contribution < 1.29 is 17.7 Å². The molecule has 1 unspecified atom stereocenters. The first-order chi connectivity index (χ1) is 8.37. The van der Waals surface area contributed by atoms with E-state index < -0.39 is 26.6 Å². The van der Waals surface area contributed by atoms with Gasteiger partial charge in [-0.2, -0.15) is 0 Å². The van der Waals surface area contributed by atoms with E-state index in [1.54, 1.807) is 0 Å². The van der Waals surface area contributed by atoms with E-state index in [-0.39, 0.29) is 22.9 Å². The van der Waals surface area contributed by atoms with Crippen LogP contribution in [-0.2, 0) is 9.84 Å². The van der Waals surface area contributed by atoms with Crippen LogP contribution in [0.5, 0.6) is 0 Å². The van der Waals surface area contributed by atoms with Crippen LogP contribution in [0.15, 0.2) is 18.2 Å². The maximum Gasteiger partial charge on any atom is 0.271 e. The van der Waals surface area contributed by atoms with E-state index in [1.807, 2.05) is 0 Å². The van der Waals surface area contributed by atoms with Crippen LogP contribution in [0, 0.1) is 15.9 Å². The molecule has 0 radical (unpaired) electrons. The smallest absolute Gasteiger partial charge is 0.271 e. The van der Waals surface area contributed by atoms with E-state index in [0.717, 1.165) is 18.2 Å². The molecule has 1 aliphatic rings. The molecule has 0 aliphatic carbocycles. The average Bonchev–Trinajstić information content (AvgIpc) is 2.61. The molecular formula is C10H11FN2O4S. The highest BCUT2D eigenvalue weighted by Gasteiger charge is 2.28. The molecule has 18 heavy (non-hydrogen) atoms. The van der Waals surface area contributed by atoms with Crippen LogP contribution in [0.4, 0.5) is 15.8 Å². The fourth-order valence-corrected chi connectivity index (χ4v) is 3.54. The zero-order valence-corrected chi connectivity index (χ0v) is 10.1. The summed E-state index contributed by atoms with van der Waals surface area (Å²) < 4.78 is 35.9. The summed E-state index contributed by atoms with van der Waals surface area (Å²) in [4.78, 5) is 9.94. The summed E-state index contributed by atoms with van der Waals surface area (Å²) in [6.07, 6.45) is 0.379. The van der Waals surface area contributed by atoms with Crippen molar-refractivity contribution in [2.24, 2.45) is 0 Å². The Hall–Kier alpha value is -1.70. The first kappa shape index (κ1) is 12.7. The molecule has 1 fully saturated rings. The van der Waals surface area contributed by atoms with Crippen molar-refractivity contribution in [1.82, 2.24) is 0 Å². The average molecular weight is 274 g/mol. The van der Waals surface area contributed by atoms with Crippen molar-refractivity contribution in [2.45, 2.75) is 12.5 Å². The zero-order chi connectivity index (χ0) is 13.3. The number of nitrogens with one attached hydrogen (secondary N) is 1. The molecular weight excluding hydrogens is 263 g/mol. The largest absolute Gasteiger partial charge is 0.379 e. The molecule has 0 amide bonds. The second-order valence-corrected chi connectivity index (χ2v) is 6.39. The summed E-state index contributed by atoms with van der Waals surface area (Å²) >= 11 is 0.